The van der Waals surface area contributed by atoms with Gasteiger partial charge in [-0.2, -0.15) is 8.78 Å². The van der Waals surface area contributed by atoms with E-state index in [0.29, 0.717) is 0 Å². The average Bonchev–Trinajstić information content (AvgIpc) is 2.27. The number of nitrogens with two attached hydrogens (primary N) is 1. The fourth-order valence-electron chi connectivity index (χ4n) is 1.15. The van der Waals surface area contributed by atoms with Gasteiger partial charge in [-0.15, -0.1) is 0 Å². The molecular weight excluding hydrogens is 238 g/mol. The Labute approximate surface area is 93.8 Å². The first kappa shape index (κ1) is 13.0. The van der Waals surface area contributed by atoms with E-state index in [2.05, 4.69) is 0 Å². The Morgan fingerprint density at radius 2 is 1.88 bits per heavy atom. The first-order valence-corrected chi connectivity index (χ1v) is 4.38. The Bertz CT molecular complexity index is 447. The molecule has 1 aromatic rings. The van der Waals surface area contributed by atoms with Crippen molar-refractivity contribution < 1.29 is 23.6 Å². The summed E-state index contributed by atoms with van der Waals surface area (Å²) in [6, 6.07) is 1.90. The van der Waals surface area contributed by atoms with Crippen molar-refractivity contribution in [2.24, 2.45) is 5.73 Å². The van der Waals surface area contributed by atoms with Crippen molar-refractivity contribution in [3.05, 3.63) is 39.9 Å². The third-order valence-electron chi connectivity index (χ3n) is 2.14. The van der Waals surface area contributed by atoms with E-state index >= 15 is 0 Å². The van der Waals surface area contributed by atoms with Crippen molar-refractivity contribution in [1.29, 1.82) is 0 Å². The van der Waals surface area contributed by atoms with E-state index in [1.54, 1.807) is 0 Å². The van der Waals surface area contributed by atoms with Gasteiger partial charge in [0.1, 0.15) is 6.04 Å². The summed E-state index contributed by atoms with van der Waals surface area (Å²) in [6.07, 6.45) is 0. The number of hydrogen-bond donors (Lipinski definition) is 2. The van der Waals surface area contributed by atoms with Gasteiger partial charge in [0.25, 0.3) is 5.69 Å². The maximum atomic E-state index is 13.0. The van der Waals surface area contributed by atoms with Crippen molar-refractivity contribution in [2.75, 3.05) is 0 Å². The number of aliphatic carboxylic acids is 1. The number of nitro benzene ring substituents is 1. The van der Waals surface area contributed by atoms with E-state index < -0.39 is 22.9 Å². The van der Waals surface area contributed by atoms with Gasteiger partial charge in [0, 0.05) is 12.1 Å². The minimum absolute atomic E-state index is 0.192. The summed E-state index contributed by atoms with van der Waals surface area (Å²) in [5, 5.41) is 18.6. The molecule has 0 unspecified atom stereocenters. The largest absolute Gasteiger partial charge is 0.477 e. The molecule has 0 heterocycles. The fourth-order valence-corrected chi connectivity index (χ4v) is 1.15. The van der Waals surface area contributed by atoms with Crippen molar-refractivity contribution in [3.8, 4) is 0 Å². The zero-order valence-electron chi connectivity index (χ0n) is 8.34. The van der Waals surface area contributed by atoms with Gasteiger partial charge < -0.3 is 10.8 Å². The number of nitrogens with zero attached hydrogens (tertiary/aromatic N) is 1. The van der Waals surface area contributed by atoms with Gasteiger partial charge in [-0.25, -0.2) is 4.79 Å². The van der Waals surface area contributed by atoms with Crippen LogP contribution in [0.1, 0.15) is 11.6 Å². The summed E-state index contributed by atoms with van der Waals surface area (Å²) in [5.74, 6) is -6.47. The maximum absolute atomic E-state index is 13.0. The third kappa shape index (κ3) is 2.53. The van der Waals surface area contributed by atoms with Gasteiger partial charge in [-0.3, -0.25) is 10.1 Å². The molecule has 1 atom stereocenters. The molecule has 0 amide bonds. The van der Waals surface area contributed by atoms with E-state index in [-0.39, 0.29) is 11.3 Å². The maximum Gasteiger partial charge on any atom is 0.376 e. The number of rotatable bonds is 4. The van der Waals surface area contributed by atoms with Crippen LogP contribution in [0.3, 0.4) is 0 Å². The van der Waals surface area contributed by atoms with Crippen molar-refractivity contribution in [2.45, 2.75) is 12.0 Å². The van der Waals surface area contributed by atoms with Gasteiger partial charge >= 0.3 is 11.9 Å². The average molecular weight is 246 g/mol. The van der Waals surface area contributed by atoms with Gasteiger partial charge in [0.2, 0.25) is 0 Å². The molecule has 0 aromatic heterocycles. The van der Waals surface area contributed by atoms with E-state index in [1.807, 2.05) is 0 Å². The van der Waals surface area contributed by atoms with Crippen LogP contribution in [0.25, 0.3) is 0 Å². The van der Waals surface area contributed by atoms with Crippen molar-refractivity contribution in [1.82, 2.24) is 0 Å². The van der Waals surface area contributed by atoms with Crippen LogP contribution in [0.5, 0.6) is 0 Å². The van der Waals surface area contributed by atoms with Crippen molar-refractivity contribution in [3.63, 3.8) is 0 Å². The number of carboxylic acids is 1. The summed E-state index contributed by atoms with van der Waals surface area (Å²) in [4.78, 5) is 19.9. The zero-order valence-corrected chi connectivity index (χ0v) is 8.34. The summed E-state index contributed by atoms with van der Waals surface area (Å²) in [7, 11) is 0. The molecule has 0 spiro atoms. The molecule has 92 valence electrons. The van der Waals surface area contributed by atoms with E-state index in [9.17, 15) is 23.7 Å². The van der Waals surface area contributed by atoms with Crippen LogP contribution >= 0.6 is 0 Å². The van der Waals surface area contributed by atoms with Gasteiger partial charge in [-0.1, -0.05) is 12.1 Å². The molecule has 0 saturated carbocycles. The normalized spacial score (nSPS) is 13.1. The number of carboxylic acid groups (broad SMARTS) is 1. The zero-order chi connectivity index (χ0) is 13.2. The van der Waals surface area contributed by atoms with Crippen LogP contribution in [0, 0.1) is 10.1 Å². The number of alkyl halides is 2. The number of nitro groups is 1. The highest BCUT2D eigenvalue weighted by molar-refractivity contribution is 5.76. The standard InChI is InChI=1S/C9H8F2N2O4/c10-9(11,8(14)15)7(12)5-1-3-6(4-2-5)13(16)17/h1-4,7H,12H2,(H,14,15)/t7-/m0/s1. The molecule has 0 radical (unpaired) electrons. The van der Waals surface area contributed by atoms with Crippen LogP contribution in [-0.2, 0) is 4.79 Å². The SMILES string of the molecule is N[C@@H](c1ccc([N+](=O)[O-])cc1)C(F)(F)C(=O)O. The van der Waals surface area contributed by atoms with Gasteiger partial charge in [0.15, 0.2) is 0 Å². The number of hydrogen-bond acceptors (Lipinski definition) is 4. The first-order valence-electron chi connectivity index (χ1n) is 4.38. The Morgan fingerprint density at radius 1 is 1.41 bits per heavy atom. The van der Waals surface area contributed by atoms with E-state index in [4.69, 9.17) is 10.8 Å². The lowest BCUT2D eigenvalue weighted by molar-refractivity contribution is -0.384. The summed E-state index contributed by atoms with van der Waals surface area (Å²) < 4.78 is 26.1. The fraction of sp³-hybridized carbons (Fsp3) is 0.222. The van der Waals surface area contributed by atoms with E-state index in [1.165, 1.54) is 0 Å². The molecule has 0 aliphatic rings. The highest BCUT2D eigenvalue weighted by atomic mass is 19.3. The van der Waals surface area contributed by atoms with Crippen LogP contribution < -0.4 is 5.73 Å². The van der Waals surface area contributed by atoms with Crippen LogP contribution in [-0.4, -0.2) is 21.9 Å². The summed E-state index contributed by atoms with van der Waals surface area (Å²) in [6.45, 7) is 0. The second kappa shape index (κ2) is 4.42. The number of halogens is 2. The minimum atomic E-state index is -4.13. The van der Waals surface area contributed by atoms with Crippen LogP contribution in [0.2, 0.25) is 0 Å². The molecule has 1 aromatic carbocycles. The Kier molecular flexibility index (Phi) is 3.37. The topological polar surface area (TPSA) is 106 Å². The second-order valence-corrected chi connectivity index (χ2v) is 3.25. The quantitative estimate of drug-likeness (QED) is 0.615. The third-order valence-corrected chi connectivity index (χ3v) is 2.14. The molecule has 6 nitrogen and oxygen atoms in total. The predicted molar refractivity (Wildman–Crippen MR) is 52.6 cm³/mol. The molecule has 0 fully saturated rings. The van der Waals surface area contributed by atoms with Gasteiger partial charge in [0.05, 0.1) is 4.92 Å². The Hall–Kier alpha value is -2.09. The number of non-ortho nitro benzene ring substituents is 1. The summed E-state index contributed by atoms with van der Waals surface area (Å²) >= 11 is 0. The van der Waals surface area contributed by atoms with Crippen LogP contribution in [0.4, 0.5) is 14.5 Å². The molecule has 17 heavy (non-hydrogen) atoms. The first-order chi connectivity index (χ1) is 7.76. The van der Waals surface area contributed by atoms with Crippen LogP contribution in [0.15, 0.2) is 24.3 Å². The second-order valence-electron chi connectivity index (χ2n) is 3.25. The molecule has 8 heteroatoms. The molecule has 1 rings (SSSR count). The summed E-state index contributed by atoms with van der Waals surface area (Å²) in [5.41, 5.74) is 4.62. The smallest absolute Gasteiger partial charge is 0.376 e. The molecule has 0 aliphatic heterocycles. The Balaban J connectivity index is 3.02. The van der Waals surface area contributed by atoms with E-state index in [0.717, 1.165) is 24.3 Å². The minimum Gasteiger partial charge on any atom is -0.477 e. The Morgan fingerprint density at radius 3 is 2.24 bits per heavy atom. The molecule has 0 saturated heterocycles. The highest BCUT2D eigenvalue weighted by Crippen LogP contribution is 2.30. The number of benzene rings is 1. The predicted octanol–water partition coefficient (Wildman–Crippen LogP) is 1.31. The highest BCUT2D eigenvalue weighted by Gasteiger charge is 2.46. The molecule has 0 aliphatic carbocycles. The molecule has 0 bridgehead atoms. The lowest BCUT2D eigenvalue weighted by atomic mass is 10.0. The molecule has 3 N–H and O–H groups in total. The van der Waals surface area contributed by atoms with Gasteiger partial charge in [-0.05, 0) is 5.56 Å². The molecular formula is C9H8F2N2O4. The number of carbonyl (C=O) groups is 1. The lowest BCUT2D eigenvalue weighted by Gasteiger charge is -2.19. The van der Waals surface area contributed by atoms with Crippen molar-refractivity contribution >= 4 is 11.7 Å². The monoisotopic (exact) mass is 246 g/mol. The lowest BCUT2D eigenvalue weighted by Crippen LogP contribution is -2.40.